The molecule has 0 aliphatic heterocycles. The normalized spacial score (nSPS) is 11.3. The molecule has 2 aromatic heterocycles. The molecule has 0 spiro atoms. The molecule has 0 amide bonds. The molecule has 0 aliphatic rings. The Kier molecular flexibility index (Phi) is 6.19. The van der Waals surface area contributed by atoms with E-state index in [0.717, 1.165) is 23.1 Å². The fraction of sp³-hybridized carbons (Fsp3) is 0.211. The molecular formula is C19H21ClN6O2S. The van der Waals surface area contributed by atoms with Crippen molar-refractivity contribution in [3.8, 4) is 11.3 Å². The van der Waals surface area contributed by atoms with Gasteiger partial charge in [-0.15, -0.1) is 0 Å². The maximum absolute atomic E-state index is 11.4. The molecule has 152 valence electrons. The van der Waals surface area contributed by atoms with Crippen molar-refractivity contribution in [3.05, 3.63) is 53.2 Å². The first kappa shape index (κ1) is 20.8. The van der Waals surface area contributed by atoms with Crippen LogP contribution in [-0.2, 0) is 9.84 Å². The van der Waals surface area contributed by atoms with Gasteiger partial charge < -0.3 is 16.4 Å². The lowest BCUT2D eigenvalue weighted by Crippen LogP contribution is -2.15. The number of halogens is 1. The van der Waals surface area contributed by atoms with Crippen LogP contribution in [0.5, 0.6) is 0 Å². The Bertz CT molecular complexity index is 1120. The summed E-state index contributed by atoms with van der Waals surface area (Å²) in [6.07, 6.45) is 2.61. The van der Waals surface area contributed by atoms with Gasteiger partial charge in [-0.2, -0.15) is 4.98 Å². The largest absolute Gasteiger partial charge is 0.382 e. The number of aromatic nitrogens is 3. The van der Waals surface area contributed by atoms with E-state index in [1.165, 1.54) is 12.3 Å². The SMILES string of the molecule is Cc1c(Cl)cccc1-c1cc(NCCNc2ccc(S(C)(=O)=O)nc2)nc(N)n1. The molecule has 0 radical (unpaired) electrons. The van der Waals surface area contributed by atoms with Crippen molar-refractivity contribution in [1.82, 2.24) is 15.0 Å². The highest BCUT2D eigenvalue weighted by atomic mass is 35.5. The van der Waals surface area contributed by atoms with E-state index < -0.39 is 9.84 Å². The third-order valence-corrected chi connectivity index (χ3v) is 5.57. The van der Waals surface area contributed by atoms with Gasteiger partial charge in [-0.05, 0) is 30.7 Å². The lowest BCUT2D eigenvalue weighted by atomic mass is 10.1. The summed E-state index contributed by atoms with van der Waals surface area (Å²) in [5, 5.41) is 7.06. The highest BCUT2D eigenvalue weighted by Gasteiger charge is 2.10. The first-order chi connectivity index (χ1) is 13.7. The Hall–Kier alpha value is -2.91. The van der Waals surface area contributed by atoms with Gasteiger partial charge in [0.15, 0.2) is 14.9 Å². The smallest absolute Gasteiger partial charge is 0.222 e. The number of nitrogens with one attached hydrogen (secondary N) is 2. The summed E-state index contributed by atoms with van der Waals surface area (Å²) in [7, 11) is -3.30. The third kappa shape index (κ3) is 5.33. The van der Waals surface area contributed by atoms with Crippen molar-refractivity contribution < 1.29 is 8.42 Å². The van der Waals surface area contributed by atoms with E-state index in [1.807, 2.05) is 31.2 Å². The van der Waals surface area contributed by atoms with Gasteiger partial charge >= 0.3 is 0 Å². The number of nitrogens with two attached hydrogens (primary N) is 1. The van der Waals surface area contributed by atoms with Gasteiger partial charge in [0.2, 0.25) is 5.95 Å². The third-order valence-electron chi connectivity index (χ3n) is 4.16. The summed E-state index contributed by atoms with van der Waals surface area (Å²) >= 11 is 6.20. The fourth-order valence-corrected chi connectivity index (χ4v) is 3.41. The molecule has 8 nitrogen and oxygen atoms in total. The Morgan fingerprint density at radius 3 is 2.55 bits per heavy atom. The van der Waals surface area contributed by atoms with Gasteiger partial charge in [0.25, 0.3) is 0 Å². The molecule has 0 bridgehead atoms. The fourth-order valence-electron chi connectivity index (χ4n) is 2.68. The van der Waals surface area contributed by atoms with Crippen LogP contribution < -0.4 is 16.4 Å². The van der Waals surface area contributed by atoms with Crippen LogP contribution in [0.3, 0.4) is 0 Å². The molecule has 1 aromatic carbocycles. The number of pyridine rings is 1. The first-order valence-electron chi connectivity index (χ1n) is 8.78. The average molecular weight is 433 g/mol. The van der Waals surface area contributed by atoms with Crippen LogP contribution in [-0.4, -0.2) is 42.7 Å². The van der Waals surface area contributed by atoms with Gasteiger partial charge in [0.05, 0.1) is 17.6 Å². The molecule has 29 heavy (non-hydrogen) atoms. The number of sulfone groups is 1. The van der Waals surface area contributed by atoms with Crippen LogP contribution in [0, 0.1) is 6.92 Å². The highest BCUT2D eigenvalue weighted by molar-refractivity contribution is 7.90. The van der Waals surface area contributed by atoms with Crippen molar-refractivity contribution in [2.45, 2.75) is 11.9 Å². The first-order valence-corrected chi connectivity index (χ1v) is 11.0. The molecule has 3 aromatic rings. The molecular weight excluding hydrogens is 412 g/mol. The van der Waals surface area contributed by atoms with E-state index >= 15 is 0 Å². The second-order valence-corrected chi connectivity index (χ2v) is 8.79. The van der Waals surface area contributed by atoms with Crippen molar-refractivity contribution in [3.63, 3.8) is 0 Å². The van der Waals surface area contributed by atoms with E-state index in [4.69, 9.17) is 17.3 Å². The molecule has 0 saturated heterocycles. The number of nitrogens with zero attached hydrogens (tertiary/aromatic N) is 3. The monoisotopic (exact) mass is 432 g/mol. The van der Waals surface area contributed by atoms with Gasteiger partial charge in [-0.3, -0.25) is 0 Å². The zero-order valence-corrected chi connectivity index (χ0v) is 17.5. The predicted octanol–water partition coefficient (Wildman–Crippen LogP) is 3.01. The van der Waals surface area contributed by atoms with E-state index in [2.05, 4.69) is 25.6 Å². The van der Waals surface area contributed by atoms with Crippen LogP contribution in [0.15, 0.2) is 47.6 Å². The lowest BCUT2D eigenvalue weighted by molar-refractivity contribution is 0.598. The van der Waals surface area contributed by atoms with E-state index in [9.17, 15) is 8.42 Å². The van der Waals surface area contributed by atoms with Crippen molar-refractivity contribution >= 4 is 38.9 Å². The van der Waals surface area contributed by atoms with Crippen LogP contribution in [0.1, 0.15) is 5.56 Å². The lowest BCUT2D eigenvalue weighted by Gasteiger charge is -2.11. The number of rotatable bonds is 7. The summed E-state index contributed by atoms with van der Waals surface area (Å²) in [5.41, 5.74) is 9.08. The molecule has 4 N–H and O–H groups in total. The predicted molar refractivity (Wildman–Crippen MR) is 116 cm³/mol. The Morgan fingerprint density at radius 2 is 1.86 bits per heavy atom. The number of nitrogen functional groups attached to an aromatic ring is 1. The maximum Gasteiger partial charge on any atom is 0.222 e. The molecule has 0 unspecified atom stereocenters. The molecule has 0 fully saturated rings. The van der Waals surface area contributed by atoms with Crippen molar-refractivity contribution in [1.29, 1.82) is 0 Å². The van der Waals surface area contributed by atoms with E-state index in [-0.39, 0.29) is 11.0 Å². The van der Waals surface area contributed by atoms with Crippen LogP contribution in [0.4, 0.5) is 17.5 Å². The zero-order chi connectivity index (χ0) is 21.0. The summed E-state index contributed by atoms with van der Waals surface area (Å²) in [6, 6.07) is 10.6. The number of benzene rings is 1. The quantitative estimate of drug-likeness (QED) is 0.487. The topological polar surface area (TPSA) is 123 Å². The highest BCUT2D eigenvalue weighted by Crippen LogP contribution is 2.28. The van der Waals surface area contributed by atoms with Crippen molar-refractivity contribution in [2.24, 2.45) is 0 Å². The molecule has 0 atom stereocenters. The van der Waals surface area contributed by atoms with Crippen LogP contribution >= 0.6 is 11.6 Å². The Labute approximate surface area is 174 Å². The van der Waals surface area contributed by atoms with Gasteiger partial charge in [0, 0.05) is 36.0 Å². The van der Waals surface area contributed by atoms with Gasteiger partial charge in [-0.25, -0.2) is 18.4 Å². The van der Waals surface area contributed by atoms with Gasteiger partial charge in [-0.1, -0.05) is 23.7 Å². The maximum atomic E-state index is 11.4. The summed E-state index contributed by atoms with van der Waals surface area (Å²) in [5.74, 6) is 0.761. The second-order valence-electron chi connectivity index (χ2n) is 6.42. The second kappa shape index (κ2) is 8.62. The average Bonchev–Trinajstić information content (AvgIpc) is 2.66. The summed E-state index contributed by atoms with van der Waals surface area (Å²) in [6.45, 7) is 3.05. The van der Waals surface area contributed by atoms with Crippen molar-refractivity contribution in [2.75, 3.05) is 35.7 Å². The standard InChI is InChI=1S/C19H21ClN6O2S/c1-12-14(4-3-5-15(12)20)16-10-17(26-19(21)25-16)23-9-8-22-13-6-7-18(24-11-13)29(2,27)28/h3-7,10-11,22H,8-9H2,1-2H3,(H3,21,23,25,26). The van der Waals surface area contributed by atoms with Crippen LogP contribution in [0.25, 0.3) is 11.3 Å². The van der Waals surface area contributed by atoms with Gasteiger partial charge in [0.1, 0.15) is 5.82 Å². The molecule has 3 rings (SSSR count). The molecule has 10 heteroatoms. The minimum absolute atomic E-state index is 0.0430. The molecule has 2 heterocycles. The minimum Gasteiger partial charge on any atom is -0.382 e. The Morgan fingerprint density at radius 1 is 1.10 bits per heavy atom. The zero-order valence-electron chi connectivity index (χ0n) is 16.0. The summed E-state index contributed by atoms with van der Waals surface area (Å²) < 4.78 is 22.9. The van der Waals surface area contributed by atoms with E-state index in [0.29, 0.717) is 29.6 Å². The number of anilines is 3. The molecule has 0 saturated carbocycles. The number of hydrogen-bond acceptors (Lipinski definition) is 8. The Balaban J connectivity index is 1.63. The van der Waals surface area contributed by atoms with E-state index in [1.54, 1.807) is 6.07 Å². The minimum atomic E-state index is -3.30. The number of hydrogen-bond donors (Lipinski definition) is 3. The van der Waals surface area contributed by atoms with Crippen LogP contribution in [0.2, 0.25) is 5.02 Å². The molecule has 0 aliphatic carbocycles. The summed E-state index contributed by atoms with van der Waals surface area (Å²) in [4.78, 5) is 12.5.